The zero-order valence-corrected chi connectivity index (χ0v) is 15.6. The molecule has 140 valence electrons. The summed E-state index contributed by atoms with van der Waals surface area (Å²) in [5.74, 6) is -0.503. The molecule has 2 aliphatic rings. The van der Waals surface area contributed by atoms with Crippen molar-refractivity contribution in [1.29, 1.82) is 0 Å². The lowest BCUT2D eigenvalue weighted by Gasteiger charge is -2.31. The predicted molar refractivity (Wildman–Crippen MR) is 101 cm³/mol. The van der Waals surface area contributed by atoms with E-state index >= 15 is 0 Å². The SMILES string of the molecule is Nc1sc2c(c1C(=O)c1ccc(Cl)cc1)CC1C=C(C(F)(F)F)C=CC1C2. The minimum atomic E-state index is -4.36. The number of benzene rings is 1. The topological polar surface area (TPSA) is 43.1 Å². The molecular formula is C20H15ClF3NOS. The van der Waals surface area contributed by atoms with E-state index in [1.54, 1.807) is 30.3 Å². The molecule has 0 aliphatic heterocycles. The number of carbonyl (C=O) groups is 1. The second kappa shape index (κ2) is 6.53. The lowest BCUT2D eigenvalue weighted by molar-refractivity contribution is -0.0891. The Balaban J connectivity index is 1.71. The average Bonchev–Trinajstić information content (AvgIpc) is 2.93. The lowest BCUT2D eigenvalue weighted by atomic mass is 9.74. The Hall–Kier alpha value is -2.05. The van der Waals surface area contributed by atoms with Crippen molar-refractivity contribution in [3.8, 4) is 0 Å². The highest BCUT2D eigenvalue weighted by Gasteiger charge is 2.39. The monoisotopic (exact) mass is 409 g/mol. The fourth-order valence-corrected chi connectivity index (χ4v) is 5.05. The van der Waals surface area contributed by atoms with Gasteiger partial charge in [0, 0.05) is 15.5 Å². The molecule has 1 aromatic carbocycles. The molecule has 4 rings (SSSR count). The van der Waals surface area contributed by atoms with Crippen LogP contribution in [0.2, 0.25) is 5.02 Å². The molecule has 27 heavy (non-hydrogen) atoms. The number of hydrogen-bond donors (Lipinski definition) is 1. The number of halogens is 4. The zero-order chi connectivity index (χ0) is 19.3. The quantitative estimate of drug-likeness (QED) is 0.655. The number of anilines is 1. The molecule has 2 unspecified atom stereocenters. The molecule has 1 heterocycles. The summed E-state index contributed by atoms with van der Waals surface area (Å²) >= 11 is 7.24. The molecule has 0 bridgehead atoms. The average molecular weight is 410 g/mol. The number of alkyl halides is 3. The predicted octanol–water partition coefficient (Wildman–Crippen LogP) is 5.60. The van der Waals surface area contributed by atoms with Gasteiger partial charge in [-0.2, -0.15) is 13.2 Å². The number of thiophene rings is 1. The van der Waals surface area contributed by atoms with Gasteiger partial charge in [0.05, 0.1) is 16.1 Å². The van der Waals surface area contributed by atoms with E-state index in [-0.39, 0.29) is 17.6 Å². The zero-order valence-electron chi connectivity index (χ0n) is 14.0. The first-order valence-corrected chi connectivity index (χ1v) is 9.61. The van der Waals surface area contributed by atoms with Crippen LogP contribution in [0.3, 0.4) is 0 Å². The van der Waals surface area contributed by atoms with E-state index in [2.05, 4.69) is 0 Å². The van der Waals surface area contributed by atoms with Gasteiger partial charge < -0.3 is 5.73 Å². The maximum atomic E-state index is 13.1. The number of nitrogen functional groups attached to an aromatic ring is 1. The van der Waals surface area contributed by atoms with Crippen LogP contribution in [0.25, 0.3) is 0 Å². The minimum Gasteiger partial charge on any atom is -0.390 e. The molecule has 2 N–H and O–H groups in total. The Morgan fingerprint density at radius 3 is 2.52 bits per heavy atom. The summed E-state index contributed by atoms with van der Waals surface area (Å²) in [6, 6.07) is 6.52. The van der Waals surface area contributed by atoms with Crippen LogP contribution in [-0.4, -0.2) is 12.0 Å². The molecule has 7 heteroatoms. The van der Waals surface area contributed by atoms with E-state index in [0.717, 1.165) is 16.5 Å². The van der Waals surface area contributed by atoms with Crippen molar-refractivity contribution in [3.63, 3.8) is 0 Å². The molecule has 0 fully saturated rings. The van der Waals surface area contributed by atoms with Gasteiger partial charge >= 0.3 is 6.18 Å². The molecular weight excluding hydrogens is 395 g/mol. The van der Waals surface area contributed by atoms with Crippen molar-refractivity contribution < 1.29 is 18.0 Å². The second-order valence-corrected chi connectivity index (χ2v) is 8.37. The van der Waals surface area contributed by atoms with E-state index in [4.69, 9.17) is 17.3 Å². The Morgan fingerprint density at radius 2 is 1.85 bits per heavy atom. The van der Waals surface area contributed by atoms with Crippen molar-refractivity contribution >= 4 is 33.7 Å². The number of rotatable bonds is 2. The summed E-state index contributed by atoms with van der Waals surface area (Å²) in [6.45, 7) is 0. The van der Waals surface area contributed by atoms with Gasteiger partial charge in [-0.1, -0.05) is 29.8 Å². The molecule has 2 aliphatic carbocycles. The van der Waals surface area contributed by atoms with Crippen LogP contribution in [0, 0.1) is 11.8 Å². The Bertz CT molecular complexity index is 972. The maximum Gasteiger partial charge on any atom is 0.416 e. The van der Waals surface area contributed by atoms with Crippen LogP contribution in [0.15, 0.2) is 48.1 Å². The number of hydrogen-bond acceptors (Lipinski definition) is 3. The van der Waals surface area contributed by atoms with Gasteiger partial charge in [-0.05, 0) is 54.5 Å². The van der Waals surface area contributed by atoms with Crippen LogP contribution in [0.5, 0.6) is 0 Å². The van der Waals surface area contributed by atoms with Crippen LogP contribution in [0.4, 0.5) is 18.2 Å². The summed E-state index contributed by atoms with van der Waals surface area (Å²) in [4.78, 5) is 14.0. The van der Waals surface area contributed by atoms with E-state index in [9.17, 15) is 18.0 Å². The highest BCUT2D eigenvalue weighted by atomic mass is 35.5. The van der Waals surface area contributed by atoms with Crippen molar-refractivity contribution in [1.82, 2.24) is 0 Å². The minimum absolute atomic E-state index is 0.000124. The van der Waals surface area contributed by atoms with Crippen molar-refractivity contribution in [2.75, 3.05) is 5.73 Å². The van der Waals surface area contributed by atoms with Gasteiger partial charge in [0.15, 0.2) is 5.78 Å². The first-order chi connectivity index (χ1) is 12.7. The Kier molecular flexibility index (Phi) is 4.43. The number of nitrogens with two attached hydrogens (primary N) is 1. The number of allylic oxidation sites excluding steroid dienone is 4. The Morgan fingerprint density at radius 1 is 1.15 bits per heavy atom. The van der Waals surface area contributed by atoms with Gasteiger partial charge in [0.2, 0.25) is 0 Å². The molecule has 2 nitrogen and oxygen atoms in total. The van der Waals surface area contributed by atoms with Crippen molar-refractivity contribution in [3.05, 3.63) is 74.7 Å². The summed E-state index contributed by atoms with van der Waals surface area (Å²) in [7, 11) is 0. The summed E-state index contributed by atoms with van der Waals surface area (Å²) in [6.07, 6.45) is 0.693. The highest BCUT2D eigenvalue weighted by Crippen LogP contribution is 2.45. The molecule has 2 atom stereocenters. The molecule has 0 spiro atoms. The third-order valence-electron chi connectivity index (χ3n) is 5.11. The summed E-state index contributed by atoms with van der Waals surface area (Å²) in [5, 5.41) is 0.941. The van der Waals surface area contributed by atoms with Crippen LogP contribution in [0.1, 0.15) is 26.4 Å². The van der Waals surface area contributed by atoms with Crippen LogP contribution < -0.4 is 5.73 Å². The van der Waals surface area contributed by atoms with E-state index < -0.39 is 11.7 Å². The second-order valence-electron chi connectivity index (χ2n) is 6.79. The van der Waals surface area contributed by atoms with Gasteiger partial charge in [-0.15, -0.1) is 11.3 Å². The normalized spacial score (nSPS) is 21.4. The highest BCUT2D eigenvalue weighted by molar-refractivity contribution is 7.16. The van der Waals surface area contributed by atoms with Crippen LogP contribution >= 0.6 is 22.9 Å². The van der Waals surface area contributed by atoms with Gasteiger partial charge in [-0.3, -0.25) is 4.79 Å². The number of ketones is 1. The molecule has 2 aromatic rings. The molecule has 0 radical (unpaired) electrons. The molecule has 0 saturated carbocycles. The van der Waals surface area contributed by atoms with E-state index in [0.29, 0.717) is 34.0 Å². The fourth-order valence-electron chi connectivity index (χ4n) is 3.76. The van der Waals surface area contributed by atoms with Crippen LogP contribution in [-0.2, 0) is 12.8 Å². The molecule has 0 saturated heterocycles. The smallest absolute Gasteiger partial charge is 0.390 e. The molecule has 1 aromatic heterocycles. The standard InChI is InChI=1S/C20H15ClF3NOS/c21-14-5-2-10(3-6-14)18(26)17-15-8-12-7-13(20(22,23)24)4-1-11(12)9-16(15)27-19(17)25/h1-7,11-12H,8-9,25H2. The van der Waals surface area contributed by atoms with Gasteiger partial charge in [0.1, 0.15) is 0 Å². The third kappa shape index (κ3) is 3.32. The van der Waals surface area contributed by atoms with Crippen molar-refractivity contribution in [2.45, 2.75) is 19.0 Å². The summed E-state index contributed by atoms with van der Waals surface area (Å²) < 4.78 is 39.2. The maximum absolute atomic E-state index is 13.1. The fraction of sp³-hybridized carbons (Fsp3) is 0.250. The van der Waals surface area contributed by atoms with Crippen molar-refractivity contribution in [2.24, 2.45) is 11.8 Å². The first-order valence-electron chi connectivity index (χ1n) is 8.41. The van der Waals surface area contributed by atoms with E-state index in [1.165, 1.54) is 17.4 Å². The third-order valence-corrected chi connectivity index (χ3v) is 6.44. The van der Waals surface area contributed by atoms with E-state index in [1.807, 2.05) is 0 Å². The van der Waals surface area contributed by atoms with Gasteiger partial charge in [-0.25, -0.2) is 0 Å². The molecule has 0 amide bonds. The summed E-state index contributed by atoms with van der Waals surface area (Å²) in [5.41, 5.74) is 7.18. The van der Waals surface area contributed by atoms with Gasteiger partial charge in [0.25, 0.3) is 0 Å². The Labute approximate surface area is 163 Å². The lowest BCUT2D eigenvalue weighted by Crippen LogP contribution is -2.27. The number of carbonyl (C=O) groups excluding carboxylic acids is 1. The first kappa shape index (κ1) is 18.3. The number of fused-ring (bicyclic) bond motifs is 2. The largest absolute Gasteiger partial charge is 0.416 e.